The first-order chi connectivity index (χ1) is 12.6. The van der Waals surface area contributed by atoms with Crippen LogP contribution in [-0.2, 0) is 4.79 Å². The Balaban J connectivity index is 1.65. The molecule has 26 heavy (non-hydrogen) atoms. The third kappa shape index (κ3) is 3.85. The lowest BCUT2D eigenvalue weighted by Gasteiger charge is -2.32. The molecule has 138 valence electrons. The average molecular weight is 357 g/mol. The van der Waals surface area contributed by atoms with E-state index in [9.17, 15) is 9.59 Å². The lowest BCUT2D eigenvalue weighted by molar-refractivity contribution is -0.130. The Morgan fingerprint density at radius 3 is 2.54 bits per heavy atom. The van der Waals surface area contributed by atoms with Crippen molar-refractivity contribution in [3.8, 4) is 5.75 Å². The summed E-state index contributed by atoms with van der Waals surface area (Å²) in [5.74, 6) is 1.11. The number of amides is 2. The van der Waals surface area contributed by atoms with Crippen molar-refractivity contribution >= 4 is 17.6 Å². The summed E-state index contributed by atoms with van der Waals surface area (Å²) in [5, 5.41) is 7.26. The van der Waals surface area contributed by atoms with Crippen LogP contribution in [0, 0.1) is 0 Å². The Bertz CT molecular complexity index is 763. The van der Waals surface area contributed by atoms with Crippen LogP contribution in [0.1, 0.15) is 29.2 Å². The van der Waals surface area contributed by atoms with Crippen LogP contribution in [0.5, 0.6) is 5.75 Å². The molecule has 0 bridgehead atoms. The molecule has 3 N–H and O–H groups in total. The summed E-state index contributed by atoms with van der Waals surface area (Å²) in [6.07, 6.45) is 3.22. The first kappa shape index (κ1) is 17.9. The zero-order chi connectivity index (χ0) is 18.5. The Labute approximate surface area is 151 Å². The van der Waals surface area contributed by atoms with E-state index in [1.165, 1.54) is 0 Å². The first-order valence-electron chi connectivity index (χ1n) is 8.59. The average Bonchev–Trinajstić information content (AvgIpc) is 3.15. The summed E-state index contributed by atoms with van der Waals surface area (Å²) in [6, 6.07) is 8.83. The molecule has 1 aliphatic heterocycles. The van der Waals surface area contributed by atoms with Gasteiger partial charge in [-0.3, -0.25) is 9.59 Å². The molecule has 0 saturated carbocycles. The molecule has 3 rings (SSSR count). The maximum absolute atomic E-state index is 12.5. The van der Waals surface area contributed by atoms with Gasteiger partial charge in [-0.15, -0.1) is 0 Å². The minimum atomic E-state index is -0.204. The van der Waals surface area contributed by atoms with E-state index in [1.54, 1.807) is 48.5 Å². The maximum Gasteiger partial charge on any atom is 0.256 e. The van der Waals surface area contributed by atoms with Crippen molar-refractivity contribution in [1.82, 2.24) is 14.7 Å². The minimum Gasteiger partial charge on any atom is -0.497 e. The monoisotopic (exact) mass is 357 g/mol. The molecule has 0 atom stereocenters. The van der Waals surface area contributed by atoms with Gasteiger partial charge < -0.3 is 20.7 Å². The van der Waals surface area contributed by atoms with Gasteiger partial charge in [-0.2, -0.15) is 5.10 Å². The predicted octanol–water partition coefficient (Wildman–Crippen LogP) is 1.27. The van der Waals surface area contributed by atoms with Crippen LogP contribution in [0.25, 0.3) is 0 Å². The number of benzene rings is 1. The molecule has 1 fully saturated rings. The van der Waals surface area contributed by atoms with Crippen molar-refractivity contribution in [2.45, 2.75) is 18.9 Å². The number of nitrogens with one attached hydrogen (secondary N) is 1. The number of carbonyl (C=O) groups is 2. The number of methoxy groups -OCH3 is 1. The molecular formula is C18H23N5O3. The second kappa shape index (κ2) is 8.01. The smallest absolute Gasteiger partial charge is 0.256 e. The molecule has 0 spiro atoms. The summed E-state index contributed by atoms with van der Waals surface area (Å²) in [7, 11) is 1.58. The highest BCUT2D eigenvalue weighted by atomic mass is 16.5. The standard InChI is InChI=1S/C18H23N5O3/c1-26-15-4-2-13(3-5-15)18(25)21-16-6-9-20-23(16)14-7-10-22(11-8-14)17(24)12-19/h2-6,9,14H,7-8,10-12,19H2,1H3,(H,21,25). The number of anilines is 1. The van der Waals surface area contributed by atoms with E-state index in [1.807, 2.05) is 4.68 Å². The van der Waals surface area contributed by atoms with E-state index in [2.05, 4.69) is 10.4 Å². The Hall–Kier alpha value is -2.87. The number of carbonyl (C=O) groups excluding carboxylic acids is 2. The highest BCUT2D eigenvalue weighted by Gasteiger charge is 2.25. The largest absolute Gasteiger partial charge is 0.497 e. The molecule has 1 aromatic heterocycles. The van der Waals surface area contributed by atoms with Gasteiger partial charge in [0.2, 0.25) is 5.91 Å². The van der Waals surface area contributed by atoms with Crippen molar-refractivity contribution < 1.29 is 14.3 Å². The molecule has 1 aliphatic rings. The van der Waals surface area contributed by atoms with E-state index in [0.29, 0.717) is 30.2 Å². The second-order valence-electron chi connectivity index (χ2n) is 6.16. The molecule has 0 unspecified atom stereocenters. The van der Waals surface area contributed by atoms with E-state index in [4.69, 9.17) is 10.5 Å². The van der Waals surface area contributed by atoms with Gasteiger partial charge >= 0.3 is 0 Å². The number of aromatic nitrogens is 2. The fourth-order valence-electron chi connectivity index (χ4n) is 3.12. The maximum atomic E-state index is 12.5. The fourth-order valence-corrected chi connectivity index (χ4v) is 3.12. The summed E-state index contributed by atoms with van der Waals surface area (Å²) in [4.78, 5) is 25.9. The zero-order valence-corrected chi connectivity index (χ0v) is 14.7. The normalized spacial score (nSPS) is 14.9. The van der Waals surface area contributed by atoms with Crippen molar-refractivity contribution in [1.29, 1.82) is 0 Å². The van der Waals surface area contributed by atoms with Crippen LogP contribution in [0.4, 0.5) is 5.82 Å². The Morgan fingerprint density at radius 1 is 1.23 bits per heavy atom. The number of rotatable bonds is 5. The van der Waals surface area contributed by atoms with Gasteiger partial charge in [0.15, 0.2) is 0 Å². The zero-order valence-electron chi connectivity index (χ0n) is 14.7. The number of ether oxygens (including phenoxy) is 1. The summed E-state index contributed by atoms with van der Waals surface area (Å²) in [6.45, 7) is 1.33. The van der Waals surface area contributed by atoms with Gasteiger partial charge in [0, 0.05) is 24.7 Å². The van der Waals surface area contributed by atoms with Crippen molar-refractivity contribution in [3.05, 3.63) is 42.1 Å². The number of piperidine rings is 1. The number of likely N-dealkylation sites (tertiary alicyclic amines) is 1. The van der Waals surface area contributed by atoms with Crippen LogP contribution in [0.3, 0.4) is 0 Å². The van der Waals surface area contributed by atoms with Crippen LogP contribution >= 0.6 is 0 Å². The van der Waals surface area contributed by atoms with Gasteiger partial charge in [0.05, 0.1) is 25.9 Å². The number of hydrogen-bond acceptors (Lipinski definition) is 5. The summed E-state index contributed by atoms with van der Waals surface area (Å²) in [5.41, 5.74) is 5.96. The van der Waals surface area contributed by atoms with E-state index in [-0.39, 0.29) is 24.4 Å². The van der Waals surface area contributed by atoms with E-state index in [0.717, 1.165) is 12.8 Å². The van der Waals surface area contributed by atoms with Crippen LogP contribution < -0.4 is 15.8 Å². The molecule has 0 aliphatic carbocycles. The molecular weight excluding hydrogens is 334 g/mol. The molecule has 0 radical (unpaired) electrons. The number of hydrogen-bond donors (Lipinski definition) is 2. The molecule has 8 heteroatoms. The topological polar surface area (TPSA) is 102 Å². The van der Waals surface area contributed by atoms with Gasteiger partial charge in [-0.25, -0.2) is 4.68 Å². The molecule has 2 heterocycles. The third-order valence-electron chi connectivity index (χ3n) is 4.60. The SMILES string of the molecule is COc1ccc(C(=O)Nc2ccnn2C2CCN(C(=O)CN)CC2)cc1. The molecule has 2 amide bonds. The highest BCUT2D eigenvalue weighted by molar-refractivity contribution is 6.03. The van der Waals surface area contributed by atoms with Crippen molar-refractivity contribution in [2.75, 3.05) is 32.1 Å². The fraction of sp³-hybridized carbons (Fsp3) is 0.389. The Morgan fingerprint density at radius 2 is 1.92 bits per heavy atom. The Kier molecular flexibility index (Phi) is 5.52. The van der Waals surface area contributed by atoms with Crippen LogP contribution in [0.15, 0.2) is 36.5 Å². The van der Waals surface area contributed by atoms with Crippen LogP contribution in [-0.4, -0.2) is 53.2 Å². The molecule has 8 nitrogen and oxygen atoms in total. The van der Waals surface area contributed by atoms with Gasteiger partial charge in [-0.05, 0) is 37.1 Å². The summed E-state index contributed by atoms with van der Waals surface area (Å²) < 4.78 is 6.93. The lowest BCUT2D eigenvalue weighted by Crippen LogP contribution is -2.42. The molecule has 1 aromatic carbocycles. The van der Waals surface area contributed by atoms with Gasteiger partial charge in [0.25, 0.3) is 5.91 Å². The summed E-state index contributed by atoms with van der Waals surface area (Å²) >= 11 is 0. The number of nitrogens with two attached hydrogens (primary N) is 1. The number of nitrogens with zero attached hydrogens (tertiary/aromatic N) is 3. The molecule has 1 saturated heterocycles. The van der Waals surface area contributed by atoms with Crippen molar-refractivity contribution in [2.24, 2.45) is 5.73 Å². The van der Waals surface area contributed by atoms with Crippen molar-refractivity contribution in [3.63, 3.8) is 0 Å². The van der Waals surface area contributed by atoms with Gasteiger partial charge in [-0.1, -0.05) is 0 Å². The third-order valence-corrected chi connectivity index (χ3v) is 4.60. The quantitative estimate of drug-likeness (QED) is 0.839. The highest BCUT2D eigenvalue weighted by Crippen LogP contribution is 2.25. The predicted molar refractivity (Wildman–Crippen MR) is 97.1 cm³/mol. The minimum absolute atomic E-state index is 0.0306. The van der Waals surface area contributed by atoms with Crippen LogP contribution in [0.2, 0.25) is 0 Å². The van der Waals surface area contributed by atoms with Gasteiger partial charge in [0.1, 0.15) is 11.6 Å². The van der Waals surface area contributed by atoms with E-state index >= 15 is 0 Å². The second-order valence-corrected chi connectivity index (χ2v) is 6.16. The lowest BCUT2D eigenvalue weighted by atomic mass is 10.1. The van der Waals surface area contributed by atoms with E-state index < -0.39 is 0 Å². The first-order valence-corrected chi connectivity index (χ1v) is 8.59. The molecule has 2 aromatic rings.